The summed E-state index contributed by atoms with van der Waals surface area (Å²) in [7, 11) is 0. The van der Waals surface area contributed by atoms with Crippen LogP contribution in [-0.4, -0.2) is 20.2 Å². The summed E-state index contributed by atoms with van der Waals surface area (Å²) in [5.41, 5.74) is 10.6. The van der Waals surface area contributed by atoms with Crippen LogP contribution in [-0.2, 0) is 4.79 Å². The highest BCUT2D eigenvalue weighted by Gasteiger charge is 2.16. The van der Waals surface area contributed by atoms with Crippen molar-refractivity contribution in [2.75, 3.05) is 0 Å². The van der Waals surface area contributed by atoms with Gasteiger partial charge in [-0.25, -0.2) is 4.79 Å². The number of hydrogen-bond acceptors (Lipinski definition) is 2. The average molecular weight is 546 g/mol. The van der Waals surface area contributed by atoms with Crippen molar-refractivity contribution < 1.29 is 9.90 Å². The summed E-state index contributed by atoms with van der Waals surface area (Å²) in [6.45, 7) is 6.33. The highest BCUT2D eigenvalue weighted by Crippen LogP contribution is 2.36. The lowest BCUT2D eigenvalue weighted by Gasteiger charge is -2.12. The summed E-state index contributed by atoms with van der Waals surface area (Å²) < 4.78 is 4.57. The third-order valence-corrected chi connectivity index (χ3v) is 8.05. The van der Waals surface area contributed by atoms with E-state index in [1.165, 1.54) is 39.0 Å². The molecule has 2 aromatic heterocycles. The molecule has 0 aliphatic rings. The highest BCUT2D eigenvalue weighted by atomic mass is 16.4. The summed E-state index contributed by atoms with van der Waals surface area (Å²) in [6.07, 6.45) is 1.42. The molecule has 0 unspecified atom stereocenters. The Labute approximate surface area is 242 Å². The molecule has 0 bridgehead atoms. The topological polar surface area (TPSA) is 71.0 Å². The highest BCUT2D eigenvalue weighted by molar-refractivity contribution is 6.11. The minimum Gasteiger partial charge on any atom is -0.477 e. The quantitative estimate of drug-likeness (QED) is 0.177. The van der Waals surface area contributed by atoms with Gasteiger partial charge in [0.15, 0.2) is 0 Å². The molecule has 0 aliphatic carbocycles. The number of aromatic nitrogens is 2. The van der Waals surface area contributed by atoms with Gasteiger partial charge in [-0.15, -0.1) is 0 Å². The molecule has 2 heterocycles. The van der Waals surface area contributed by atoms with Gasteiger partial charge < -0.3 is 14.2 Å². The van der Waals surface area contributed by atoms with E-state index in [0.29, 0.717) is 5.56 Å². The van der Waals surface area contributed by atoms with Crippen molar-refractivity contribution in [2.45, 2.75) is 20.8 Å². The minimum atomic E-state index is -1.23. The number of benzene rings is 5. The van der Waals surface area contributed by atoms with Crippen LogP contribution in [0.3, 0.4) is 0 Å². The van der Waals surface area contributed by atoms with Crippen LogP contribution in [0.2, 0.25) is 0 Å². The Bertz CT molecular complexity index is 2250. The fourth-order valence-corrected chi connectivity index (χ4v) is 6.11. The monoisotopic (exact) mass is 545 g/mol. The van der Waals surface area contributed by atoms with E-state index in [2.05, 4.69) is 109 Å². The van der Waals surface area contributed by atoms with Crippen molar-refractivity contribution in [1.82, 2.24) is 9.13 Å². The number of nitriles is 1. The first-order valence-corrected chi connectivity index (χ1v) is 13.8. The number of aliphatic carboxylic acids is 1. The van der Waals surface area contributed by atoms with E-state index in [-0.39, 0.29) is 5.57 Å². The third-order valence-electron chi connectivity index (χ3n) is 8.05. The van der Waals surface area contributed by atoms with E-state index in [4.69, 9.17) is 0 Å². The molecular formula is C37H27N3O2. The molecule has 0 saturated carbocycles. The molecule has 0 spiro atoms. The van der Waals surface area contributed by atoms with Crippen LogP contribution in [0.15, 0.2) is 103 Å². The largest absolute Gasteiger partial charge is 0.477 e. The normalized spacial score (nSPS) is 12.0. The lowest BCUT2D eigenvalue weighted by molar-refractivity contribution is -0.132. The van der Waals surface area contributed by atoms with Crippen molar-refractivity contribution in [1.29, 1.82) is 5.26 Å². The maximum absolute atomic E-state index is 11.4. The van der Waals surface area contributed by atoms with Gasteiger partial charge in [-0.05, 0) is 105 Å². The summed E-state index contributed by atoms with van der Waals surface area (Å²) in [4.78, 5) is 11.4. The Morgan fingerprint density at radius 2 is 1.00 bits per heavy atom. The van der Waals surface area contributed by atoms with Gasteiger partial charge in [0.2, 0.25) is 0 Å². The van der Waals surface area contributed by atoms with Gasteiger partial charge in [-0.3, -0.25) is 0 Å². The van der Waals surface area contributed by atoms with Crippen molar-refractivity contribution in [3.63, 3.8) is 0 Å². The molecule has 0 saturated heterocycles. The van der Waals surface area contributed by atoms with E-state index in [1.807, 2.05) is 18.2 Å². The summed E-state index contributed by atoms with van der Waals surface area (Å²) in [6, 6.07) is 35.9. The Balaban J connectivity index is 1.41. The molecular weight excluding hydrogens is 518 g/mol. The van der Waals surface area contributed by atoms with Crippen molar-refractivity contribution >= 4 is 55.7 Å². The molecule has 0 atom stereocenters. The summed E-state index contributed by atoms with van der Waals surface area (Å²) in [5, 5.41) is 23.2. The van der Waals surface area contributed by atoms with Crippen LogP contribution in [0.25, 0.3) is 61.1 Å². The summed E-state index contributed by atoms with van der Waals surface area (Å²) >= 11 is 0. The predicted octanol–water partition coefficient (Wildman–Crippen LogP) is 8.80. The molecule has 0 radical (unpaired) electrons. The van der Waals surface area contributed by atoms with Crippen LogP contribution in [0.1, 0.15) is 22.3 Å². The zero-order valence-electron chi connectivity index (χ0n) is 23.5. The van der Waals surface area contributed by atoms with Gasteiger partial charge in [-0.2, -0.15) is 5.26 Å². The van der Waals surface area contributed by atoms with E-state index in [1.54, 1.807) is 6.07 Å². The number of aryl methyl sites for hydroxylation is 3. The molecule has 7 rings (SSSR count). The van der Waals surface area contributed by atoms with Gasteiger partial charge in [0.25, 0.3) is 0 Å². The summed E-state index contributed by atoms with van der Waals surface area (Å²) in [5.74, 6) is -1.23. The smallest absolute Gasteiger partial charge is 0.346 e. The van der Waals surface area contributed by atoms with Gasteiger partial charge in [0.1, 0.15) is 11.6 Å². The SMILES string of the molecule is Cc1ccc2c(c1)c1cc(C)ccc1n2-c1ccc(-n2c3ccc(C)cc3c3cc(C=C(C#N)C(=O)O)ccc32)cc1. The van der Waals surface area contributed by atoms with Crippen LogP contribution in [0.5, 0.6) is 0 Å². The first-order valence-electron chi connectivity index (χ1n) is 13.8. The third kappa shape index (κ3) is 3.96. The lowest BCUT2D eigenvalue weighted by atomic mass is 10.1. The van der Waals surface area contributed by atoms with Crippen LogP contribution in [0, 0.1) is 32.1 Å². The van der Waals surface area contributed by atoms with Crippen molar-refractivity contribution in [3.05, 3.63) is 125 Å². The van der Waals surface area contributed by atoms with Crippen molar-refractivity contribution in [3.8, 4) is 17.4 Å². The molecule has 42 heavy (non-hydrogen) atoms. The molecule has 7 aromatic rings. The van der Waals surface area contributed by atoms with Crippen LogP contribution < -0.4 is 0 Å². The van der Waals surface area contributed by atoms with Gasteiger partial charge in [0, 0.05) is 32.9 Å². The first kappa shape index (κ1) is 25.4. The molecule has 5 nitrogen and oxygen atoms in total. The maximum Gasteiger partial charge on any atom is 0.346 e. The Hall–Kier alpha value is -5.60. The average Bonchev–Trinajstić information content (AvgIpc) is 3.47. The second kappa shape index (κ2) is 9.50. The number of hydrogen-bond donors (Lipinski definition) is 1. The van der Waals surface area contributed by atoms with Crippen LogP contribution in [0.4, 0.5) is 0 Å². The number of nitrogens with zero attached hydrogens (tertiary/aromatic N) is 3. The predicted molar refractivity (Wildman–Crippen MR) is 171 cm³/mol. The molecule has 1 N–H and O–H groups in total. The second-order valence-corrected chi connectivity index (χ2v) is 11.0. The van der Waals surface area contributed by atoms with Gasteiger partial charge in [0.05, 0.1) is 22.1 Å². The zero-order chi connectivity index (χ0) is 29.1. The fraction of sp³-hybridized carbons (Fsp3) is 0.0811. The minimum absolute atomic E-state index is 0.291. The molecule has 202 valence electrons. The molecule has 5 aromatic carbocycles. The Morgan fingerprint density at radius 1 is 0.619 bits per heavy atom. The Kier molecular flexibility index (Phi) is 5.74. The number of fused-ring (bicyclic) bond motifs is 6. The second-order valence-electron chi connectivity index (χ2n) is 11.0. The molecule has 0 amide bonds. The number of rotatable bonds is 4. The van der Waals surface area contributed by atoms with Gasteiger partial charge in [-0.1, -0.05) is 41.0 Å². The zero-order valence-corrected chi connectivity index (χ0v) is 23.5. The van der Waals surface area contributed by atoms with Crippen molar-refractivity contribution in [2.24, 2.45) is 0 Å². The van der Waals surface area contributed by atoms with Gasteiger partial charge >= 0.3 is 5.97 Å². The first-order chi connectivity index (χ1) is 20.3. The number of carboxylic acids is 1. The maximum atomic E-state index is 11.4. The number of carbonyl (C=O) groups is 1. The standard InChI is InChI=1S/C37H27N3O2/c1-22-4-12-33-29(16-22)30-17-23(2)5-13-34(30)39(33)27-8-10-28(11-9-27)40-35-14-6-24(3)18-31(35)32-20-25(7-15-36(32)40)19-26(21-38)37(41)42/h4-20H,1-3H3,(H,41,42). The molecule has 0 aliphatic heterocycles. The molecule has 0 fully saturated rings. The molecule has 5 heteroatoms. The van der Waals surface area contributed by atoms with Crippen LogP contribution >= 0.6 is 0 Å². The lowest BCUT2D eigenvalue weighted by Crippen LogP contribution is -1.98. The Morgan fingerprint density at radius 3 is 1.38 bits per heavy atom. The van der Waals surface area contributed by atoms with E-state index in [9.17, 15) is 15.2 Å². The van der Waals surface area contributed by atoms with E-state index >= 15 is 0 Å². The number of carboxylic acid groups (broad SMARTS) is 1. The fourth-order valence-electron chi connectivity index (χ4n) is 6.11. The van der Waals surface area contributed by atoms with E-state index in [0.717, 1.165) is 38.7 Å². The van der Waals surface area contributed by atoms with E-state index < -0.39 is 5.97 Å².